The van der Waals surface area contributed by atoms with E-state index in [-0.39, 0.29) is 12.1 Å². The van der Waals surface area contributed by atoms with Gasteiger partial charge in [-0.1, -0.05) is 54.1 Å². The molecule has 2 aromatic rings. The monoisotopic (exact) mass is 402 g/mol. The first-order valence-corrected chi connectivity index (χ1v) is 10.1. The summed E-state index contributed by atoms with van der Waals surface area (Å²) < 4.78 is 0. The fourth-order valence-corrected chi connectivity index (χ4v) is 4.05. The lowest BCUT2D eigenvalue weighted by molar-refractivity contribution is 0.0973. The molecule has 144 valence electrons. The summed E-state index contributed by atoms with van der Waals surface area (Å²) in [7, 11) is 2.18. The summed E-state index contributed by atoms with van der Waals surface area (Å²) in [5.41, 5.74) is 2.13. The number of nitrogens with one attached hydrogen (secondary N) is 2. The van der Waals surface area contributed by atoms with Crippen LogP contribution in [0, 0.1) is 0 Å². The van der Waals surface area contributed by atoms with Gasteiger partial charge in [-0.15, -0.1) is 0 Å². The molecule has 0 saturated carbocycles. The van der Waals surface area contributed by atoms with Crippen molar-refractivity contribution in [2.24, 2.45) is 0 Å². The second-order valence-electron chi connectivity index (χ2n) is 7.06. The molecule has 0 amide bonds. The molecule has 3 rings (SSSR count). The highest BCUT2D eigenvalue weighted by molar-refractivity contribution is 7.80. The number of thiocarbonyl (C=S) groups is 1. The van der Waals surface area contributed by atoms with E-state index >= 15 is 0 Å². The van der Waals surface area contributed by atoms with Crippen LogP contribution in [-0.4, -0.2) is 54.2 Å². The van der Waals surface area contributed by atoms with Crippen LogP contribution in [0.4, 0.5) is 5.69 Å². The second-order valence-corrected chi connectivity index (χ2v) is 7.88. The number of benzene rings is 2. The van der Waals surface area contributed by atoms with E-state index in [1.54, 1.807) is 0 Å². The Balaban J connectivity index is 1.71. The summed E-state index contributed by atoms with van der Waals surface area (Å²) >= 11 is 11.8. The zero-order chi connectivity index (χ0) is 19.2. The van der Waals surface area contributed by atoms with Gasteiger partial charge in [0, 0.05) is 32.2 Å². The summed E-state index contributed by atoms with van der Waals surface area (Å²) in [6.45, 7) is 6.45. The predicted octanol–water partition coefficient (Wildman–Crippen LogP) is 4.00. The minimum absolute atomic E-state index is 0.151. The minimum atomic E-state index is 0.151. The van der Waals surface area contributed by atoms with Crippen molar-refractivity contribution in [2.45, 2.75) is 19.0 Å². The van der Waals surface area contributed by atoms with Crippen molar-refractivity contribution in [3.63, 3.8) is 0 Å². The predicted molar refractivity (Wildman–Crippen MR) is 119 cm³/mol. The number of para-hydroxylation sites is 1. The summed E-state index contributed by atoms with van der Waals surface area (Å²) in [6.07, 6.45) is 0. The number of nitrogens with zero attached hydrogens (tertiary/aromatic N) is 2. The van der Waals surface area contributed by atoms with Crippen molar-refractivity contribution in [1.82, 2.24) is 15.1 Å². The van der Waals surface area contributed by atoms with Gasteiger partial charge in [0.05, 0.1) is 16.8 Å². The van der Waals surface area contributed by atoms with Gasteiger partial charge in [0.2, 0.25) is 0 Å². The largest absolute Gasteiger partial charge is 0.358 e. The van der Waals surface area contributed by atoms with Crippen LogP contribution in [0.3, 0.4) is 0 Å². The molecule has 0 bridgehead atoms. The summed E-state index contributed by atoms with van der Waals surface area (Å²) in [6, 6.07) is 18.7. The second kappa shape index (κ2) is 9.51. The minimum Gasteiger partial charge on any atom is -0.358 e. The highest BCUT2D eigenvalue weighted by Crippen LogP contribution is 2.26. The number of piperazine rings is 1. The van der Waals surface area contributed by atoms with Gasteiger partial charge in [-0.3, -0.25) is 4.90 Å². The molecule has 1 aliphatic rings. The van der Waals surface area contributed by atoms with Gasteiger partial charge in [-0.05, 0) is 43.9 Å². The molecule has 0 aromatic heterocycles. The first-order valence-electron chi connectivity index (χ1n) is 9.34. The molecule has 1 saturated heterocycles. The molecule has 6 heteroatoms. The van der Waals surface area contributed by atoms with Crippen LogP contribution in [0.5, 0.6) is 0 Å². The summed E-state index contributed by atoms with van der Waals surface area (Å²) in [5.74, 6) is 0. The Morgan fingerprint density at radius 1 is 1.00 bits per heavy atom. The van der Waals surface area contributed by atoms with E-state index in [1.807, 2.05) is 24.3 Å². The molecule has 27 heavy (non-hydrogen) atoms. The molecule has 2 aromatic carbocycles. The van der Waals surface area contributed by atoms with E-state index in [1.165, 1.54) is 5.56 Å². The van der Waals surface area contributed by atoms with Crippen LogP contribution in [-0.2, 0) is 0 Å². The van der Waals surface area contributed by atoms with Crippen molar-refractivity contribution >= 4 is 34.6 Å². The molecule has 0 unspecified atom stereocenters. The van der Waals surface area contributed by atoms with Crippen LogP contribution in [0.2, 0.25) is 5.02 Å². The fraction of sp³-hybridized carbons (Fsp3) is 0.381. The summed E-state index contributed by atoms with van der Waals surface area (Å²) in [5, 5.41) is 7.94. The maximum atomic E-state index is 6.24. The van der Waals surface area contributed by atoms with Crippen molar-refractivity contribution in [3.05, 3.63) is 65.2 Å². The smallest absolute Gasteiger partial charge is 0.171 e. The first kappa shape index (κ1) is 20.1. The Bertz CT molecular complexity index is 747. The first-order chi connectivity index (χ1) is 13.0. The zero-order valence-corrected chi connectivity index (χ0v) is 17.4. The molecule has 0 aliphatic carbocycles. The van der Waals surface area contributed by atoms with E-state index < -0.39 is 0 Å². The maximum absolute atomic E-state index is 6.24. The topological polar surface area (TPSA) is 30.5 Å². The lowest BCUT2D eigenvalue weighted by Gasteiger charge is -2.41. The number of halogens is 1. The molecule has 1 fully saturated rings. The van der Waals surface area contributed by atoms with Crippen LogP contribution in [0.15, 0.2) is 54.6 Å². The van der Waals surface area contributed by atoms with E-state index in [0.29, 0.717) is 10.1 Å². The number of hydrogen-bond acceptors (Lipinski definition) is 3. The van der Waals surface area contributed by atoms with E-state index in [2.05, 4.69) is 64.7 Å². The molecular weight excluding hydrogens is 376 g/mol. The van der Waals surface area contributed by atoms with Crippen molar-refractivity contribution in [2.75, 3.05) is 38.5 Å². The lowest BCUT2D eigenvalue weighted by Crippen LogP contribution is -2.52. The van der Waals surface area contributed by atoms with Crippen LogP contribution < -0.4 is 10.6 Å². The molecule has 0 radical (unpaired) electrons. The van der Waals surface area contributed by atoms with Gasteiger partial charge in [-0.25, -0.2) is 0 Å². The average molecular weight is 403 g/mol. The average Bonchev–Trinajstić information content (AvgIpc) is 2.66. The fourth-order valence-electron chi connectivity index (χ4n) is 3.57. The molecule has 1 aliphatic heterocycles. The Morgan fingerprint density at radius 3 is 2.30 bits per heavy atom. The zero-order valence-electron chi connectivity index (χ0n) is 15.9. The Labute approximate surface area is 172 Å². The van der Waals surface area contributed by atoms with Gasteiger partial charge in [0.1, 0.15) is 0 Å². The molecule has 2 N–H and O–H groups in total. The molecule has 2 atom stereocenters. The molecular formula is C21H27ClN4S. The maximum Gasteiger partial charge on any atom is 0.171 e. The Hall–Kier alpha value is -1.66. The van der Waals surface area contributed by atoms with Crippen molar-refractivity contribution < 1.29 is 0 Å². The molecule has 4 nitrogen and oxygen atoms in total. The van der Waals surface area contributed by atoms with Gasteiger partial charge in [0.15, 0.2) is 5.11 Å². The van der Waals surface area contributed by atoms with Gasteiger partial charge < -0.3 is 15.5 Å². The van der Waals surface area contributed by atoms with E-state index in [4.69, 9.17) is 23.8 Å². The normalized spacial score (nSPS) is 17.9. The van der Waals surface area contributed by atoms with Gasteiger partial charge >= 0.3 is 0 Å². The third-order valence-electron chi connectivity index (χ3n) is 5.03. The Kier molecular flexibility index (Phi) is 7.07. The third kappa shape index (κ3) is 5.42. The highest BCUT2D eigenvalue weighted by atomic mass is 35.5. The van der Waals surface area contributed by atoms with Gasteiger partial charge in [0.25, 0.3) is 0 Å². The molecule has 0 spiro atoms. The number of rotatable bonds is 5. The van der Waals surface area contributed by atoms with Crippen LogP contribution in [0.1, 0.15) is 18.5 Å². The summed E-state index contributed by atoms with van der Waals surface area (Å²) in [4.78, 5) is 4.92. The Morgan fingerprint density at radius 2 is 1.63 bits per heavy atom. The van der Waals surface area contributed by atoms with Gasteiger partial charge in [-0.2, -0.15) is 0 Å². The number of hydrogen-bond donors (Lipinski definition) is 2. The number of likely N-dealkylation sites (N-methyl/N-ethyl adjacent to an activating group) is 1. The van der Waals surface area contributed by atoms with Crippen LogP contribution in [0.25, 0.3) is 0 Å². The quantitative estimate of drug-likeness (QED) is 0.738. The van der Waals surface area contributed by atoms with Crippen molar-refractivity contribution in [1.29, 1.82) is 0 Å². The third-order valence-corrected chi connectivity index (χ3v) is 5.58. The lowest BCUT2D eigenvalue weighted by atomic mass is 9.98. The molecule has 1 heterocycles. The van der Waals surface area contributed by atoms with Crippen molar-refractivity contribution in [3.8, 4) is 0 Å². The van der Waals surface area contributed by atoms with E-state index in [9.17, 15) is 0 Å². The highest BCUT2D eigenvalue weighted by Gasteiger charge is 2.28. The number of anilines is 1. The standard InChI is InChI=1S/C21H27ClN4S/c1-16(23-21(27)24-19-11-7-6-10-18(19)22)20(17-8-4-3-5-9-17)26-14-12-25(2)13-15-26/h3-11,16,20H,12-15H2,1-2H3,(H2,23,24,27)/t16-,20-/m1/s1. The SMILES string of the molecule is C[C@@H](NC(=S)Nc1ccccc1Cl)[C@H](c1ccccc1)N1CCN(C)CC1. The van der Waals surface area contributed by atoms with Crippen LogP contribution >= 0.6 is 23.8 Å². The van der Waals surface area contributed by atoms with E-state index in [0.717, 1.165) is 31.9 Å².